The summed E-state index contributed by atoms with van der Waals surface area (Å²) >= 11 is 6.65. The van der Waals surface area contributed by atoms with Crippen LogP contribution in [0.15, 0.2) is 77.7 Å². The number of anilines is 1. The van der Waals surface area contributed by atoms with Crippen molar-refractivity contribution in [1.29, 1.82) is 0 Å². The van der Waals surface area contributed by atoms with Crippen LogP contribution in [0, 0.1) is 17.4 Å². The molecule has 9 heteroatoms. The van der Waals surface area contributed by atoms with Gasteiger partial charge in [-0.15, -0.1) is 17.1 Å². The van der Waals surface area contributed by atoms with E-state index in [2.05, 4.69) is 36.1 Å². The number of halogens is 1. The summed E-state index contributed by atoms with van der Waals surface area (Å²) in [6.07, 6.45) is 0.232. The summed E-state index contributed by atoms with van der Waals surface area (Å²) < 4.78 is 20.8. The lowest BCUT2D eigenvalue weighted by Gasteiger charge is -2.33. The number of hydrogen-bond donors (Lipinski definition) is 1. The van der Waals surface area contributed by atoms with Crippen molar-refractivity contribution in [2.45, 2.75) is 50.8 Å². The topological polar surface area (TPSA) is 88.6 Å². The number of aromatic nitrogens is 2. The standard InChI is InChI=1S/C29H34ClN3O4Si/c1-38(2,3)17-15-24-26(36-19-23-12-8-5-9-13-23)29(20-30,21-35-18-22-10-6-4-7-11-22)37-27(24)33-16-14-25(31)32-28(33)34/h4-14,16,24,26-27H,18-21H2,1-3H3,(H2,31,32,34)/t24-,26-,27+,29+/m0/s1. The summed E-state index contributed by atoms with van der Waals surface area (Å²) in [6, 6.07) is 21.3. The van der Waals surface area contributed by atoms with E-state index in [4.69, 9.17) is 31.5 Å². The number of rotatable bonds is 9. The van der Waals surface area contributed by atoms with Gasteiger partial charge in [-0.05, 0) is 17.2 Å². The number of ether oxygens (including phenoxy) is 3. The fourth-order valence-corrected chi connectivity index (χ4v) is 5.24. The van der Waals surface area contributed by atoms with Gasteiger partial charge in [0.25, 0.3) is 0 Å². The zero-order valence-corrected chi connectivity index (χ0v) is 23.7. The lowest BCUT2D eigenvalue weighted by molar-refractivity contribution is -0.144. The van der Waals surface area contributed by atoms with Gasteiger partial charge in [-0.25, -0.2) is 4.79 Å². The van der Waals surface area contributed by atoms with Crippen LogP contribution in [0.2, 0.25) is 19.6 Å². The van der Waals surface area contributed by atoms with Gasteiger partial charge >= 0.3 is 5.69 Å². The molecule has 4 rings (SSSR count). The van der Waals surface area contributed by atoms with Crippen molar-refractivity contribution < 1.29 is 14.2 Å². The smallest absolute Gasteiger partial charge is 0.351 e. The van der Waals surface area contributed by atoms with Gasteiger partial charge in [0, 0.05) is 6.20 Å². The summed E-state index contributed by atoms with van der Waals surface area (Å²) in [6.45, 7) is 7.37. The molecule has 1 saturated heterocycles. The molecule has 38 heavy (non-hydrogen) atoms. The second-order valence-electron chi connectivity index (χ2n) is 10.5. The molecule has 200 valence electrons. The number of alkyl halides is 1. The number of nitrogen functional groups attached to an aromatic ring is 1. The van der Waals surface area contributed by atoms with Crippen molar-refractivity contribution in [3.63, 3.8) is 0 Å². The molecule has 0 bridgehead atoms. The Morgan fingerprint density at radius 1 is 1.05 bits per heavy atom. The average molecular weight is 552 g/mol. The van der Waals surface area contributed by atoms with Gasteiger partial charge in [0.2, 0.25) is 0 Å². The molecule has 0 radical (unpaired) electrons. The summed E-state index contributed by atoms with van der Waals surface area (Å²) in [5.41, 5.74) is 9.67. The number of hydrogen-bond acceptors (Lipinski definition) is 6. The van der Waals surface area contributed by atoms with Crippen LogP contribution in [0.5, 0.6) is 0 Å². The van der Waals surface area contributed by atoms with Gasteiger partial charge in [0.1, 0.15) is 25.6 Å². The van der Waals surface area contributed by atoms with Crippen molar-refractivity contribution in [1.82, 2.24) is 9.55 Å². The van der Waals surface area contributed by atoms with Gasteiger partial charge < -0.3 is 19.9 Å². The van der Waals surface area contributed by atoms with E-state index < -0.39 is 37.6 Å². The predicted molar refractivity (Wildman–Crippen MR) is 152 cm³/mol. The number of nitrogens with zero attached hydrogens (tertiary/aromatic N) is 2. The molecule has 0 saturated carbocycles. The number of nitrogens with two attached hydrogens (primary N) is 1. The third kappa shape index (κ3) is 6.93. The van der Waals surface area contributed by atoms with Crippen molar-refractivity contribution >= 4 is 25.5 Å². The Labute approximate surface area is 229 Å². The molecule has 2 N–H and O–H groups in total. The highest BCUT2D eigenvalue weighted by molar-refractivity contribution is 6.83. The molecule has 0 amide bonds. The molecule has 3 aromatic rings. The largest absolute Gasteiger partial charge is 0.383 e. The molecule has 1 aliphatic heterocycles. The van der Waals surface area contributed by atoms with E-state index in [9.17, 15) is 4.79 Å². The zero-order valence-electron chi connectivity index (χ0n) is 22.0. The molecule has 0 unspecified atom stereocenters. The van der Waals surface area contributed by atoms with E-state index >= 15 is 0 Å². The zero-order chi connectivity index (χ0) is 27.2. The van der Waals surface area contributed by atoms with Crippen LogP contribution in [-0.4, -0.2) is 41.8 Å². The minimum absolute atomic E-state index is 0.0834. The number of benzene rings is 2. The summed E-state index contributed by atoms with van der Waals surface area (Å²) in [7, 11) is -1.78. The maximum absolute atomic E-state index is 12.9. The van der Waals surface area contributed by atoms with Crippen LogP contribution in [0.3, 0.4) is 0 Å². The van der Waals surface area contributed by atoms with Crippen LogP contribution >= 0.6 is 11.6 Å². The van der Waals surface area contributed by atoms with E-state index in [1.807, 2.05) is 60.7 Å². The second-order valence-corrected chi connectivity index (χ2v) is 15.5. The quantitative estimate of drug-likeness (QED) is 0.237. The predicted octanol–water partition coefficient (Wildman–Crippen LogP) is 4.63. The Morgan fingerprint density at radius 3 is 2.26 bits per heavy atom. The van der Waals surface area contributed by atoms with Crippen LogP contribution in [0.1, 0.15) is 17.4 Å². The molecule has 0 spiro atoms. The minimum Gasteiger partial charge on any atom is -0.383 e. The Hall–Kier alpha value is -2.93. The van der Waals surface area contributed by atoms with Crippen molar-refractivity contribution in [2.24, 2.45) is 5.92 Å². The van der Waals surface area contributed by atoms with E-state index in [0.717, 1.165) is 11.1 Å². The third-order valence-corrected chi connectivity index (χ3v) is 7.55. The second kappa shape index (κ2) is 12.3. The van der Waals surface area contributed by atoms with Crippen molar-refractivity contribution in [3.8, 4) is 11.5 Å². The highest BCUT2D eigenvalue weighted by atomic mass is 35.5. The van der Waals surface area contributed by atoms with Gasteiger partial charge in [0.05, 0.1) is 31.6 Å². The fourth-order valence-electron chi connectivity index (χ4n) is 4.35. The first-order valence-corrected chi connectivity index (χ1v) is 16.6. The maximum Gasteiger partial charge on any atom is 0.351 e. The van der Waals surface area contributed by atoms with Crippen molar-refractivity contribution in [2.75, 3.05) is 18.2 Å². The molecule has 4 atom stereocenters. The molecule has 7 nitrogen and oxygen atoms in total. The van der Waals surface area contributed by atoms with Gasteiger partial charge in [-0.1, -0.05) is 86.2 Å². The van der Waals surface area contributed by atoms with E-state index in [0.29, 0.717) is 13.2 Å². The Morgan fingerprint density at radius 2 is 1.68 bits per heavy atom. The van der Waals surface area contributed by atoms with Crippen molar-refractivity contribution in [3.05, 3.63) is 94.5 Å². The highest BCUT2D eigenvalue weighted by Gasteiger charge is 2.56. The third-order valence-electron chi connectivity index (χ3n) is 6.20. The van der Waals surface area contributed by atoms with Crippen LogP contribution in [0.25, 0.3) is 0 Å². The van der Waals surface area contributed by atoms with Gasteiger partial charge in [-0.2, -0.15) is 4.98 Å². The lowest BCUT2D eigenvalue weighted by Crippen LogP contribution is -2.48. The van der Waals surface area contributed by atoms with E-state index in [1.54, 1.807) is 12.3 Å². The van der Waals surface area contributed by atoms with Gasteiger partial charge in [-0.3, -0.25) is 4.57 Å². The average Bonchev–Trinajstić information content (AvgIpc) is 3.20. The molecular weight excluding hydrogens is 518 g/mol. The molecule has 1 aromatic heterocycles. The first-order chi connectivity index (χ1) is 18.2. The highest BCUT2D eigenvalue weighted by Crippen LogP contribution is 2.44. The Kier molecular flexibility index (Phi) is 9.08. The summed E-state index contributed by atoms with van der Waals surface area (Å²) in [5.74, 6) is 3.15. The summed E-state index contributed by atoms with van der Waals surface area (Å²) in [5, 5.41) is 0. The van der Waals surface area contributed by atoms with Crippen LogP contribution in [-0.2, 0) is 27.4 Å². The van der Waals surface area contributed by atoms with Gasteiger partial charge in [0.15, 0.2) is 6.23 Å². The molecule has 1 fully saturated rings. The molecule has 1 aliphatic rings. The molecule has 2 aromatic carbocycles. The van der Waals surface area contributed by atoms with Crippen LogP contribution in [0.4, 0.5) is 5.82 Å². The maximum atomic E-state index is 12.9. The first kappa shape index (κ1) is 28.1. The molecular formula is C29H34ClN3O4Si. The van der Waals surface area contributed by atoms with E-state index in [-0.39, 0.29) is 18.3 Å². The molecule has 2 heterocycles. The Bertz CT molecular complexity index is 1320. The normalized spacial score (nSPS) is 23.1. The first-order valence-electron chi connectivity index (χ1n) is 12.6. The minimum atomic E-state index is -1.78. The molecule has 0 aliphatic carbocycles. The Balaban J connectivity index is 1.72. The monoisotopic (exact) mass is 551 g/mol. The SMILES string of the molecule is C[Si](C)(C)C#C[C@@H]1[C@H](n2ccc(N)nc2=O)O[C@](CCl)(COCc2ccccc2)[C@H]1OCc1ccccc1. The van der Waals surface area contributed by atoms with Crippen LogP contribution < -0.4 is 11.4 Å². The lowest BCUT2D eigenvalue weighted by atomic mass is 9.91. The summed E-state index contributed by atoms with van der Waals surface area (Å²) in [4.78, 5) is 16.8. The fraction of sp³-hybridized carbons (Fsp3) is 0.379. The van der Waals surface area contributed by atoms with E-state index in [1.165, 1.54) is 4.57 Å².